The number of benzene rings is 1. The van der Waals surface area contributed by atoms with Crippen molar-refractivity contribution in [1.29, 1.82) is 0 Å². The minimum atomic E-state index is -3.72. The van der Waals surface area contributed by atoms with Gasteiger partial charge in [0.1, 0.15) is 0 Å². The van der Waals surface area contributed by atoms with Crippen LogP contribution in [0, 0.1) is 5.13 Å². The molecule has 13 heteroatoms. The molecule has 1 fully saturated rings. The minimum Gasteiger partial charge on any atom is -0.389 e. The second kappa shape index (κ2) is 12.3. The van der Waals surface area contributed by atoms with E-state index in [1.165, 1.54) is 24.3 Å². The third-order valence-corrected chi connectivity index (χ3v) is 7.32. The average molecular weight is 514 g/mol. The summed E-state index contributed by atoms with van der Waals surface area (Å²) in [5.41, 5.74) is 0.233. The monoisotopic (exact) mass is 513 g/mol. The molecule has 1 aliphatic rings. The Morgan fingerprint density at radius 1 is 1.32 bits per heavy atom. The molecule has 0 unspecified atom stereocenters. The highest BCUT2D eigenvalue weighted by Crippen LogP contribution is 2.18. The SMILES string of the molecule is CCN(CC)CCNS(=O)(=O)c1ccc(C(=NO[C@@H]2CCOC2)C(=O)Nc2ncc(F)s2)cc1. The number of nitrogens with zero attached hydrogens (tertiary/aromatic N) is 3. The van der Waals surface area contributed by atoms with Gasteiger partial charge in [-0.2, -0.15) is 4.39 Å². The van der Waals surface area contributed by atoms with Crippen LogP contribution in [0.15, 0.2) is 40.5 Å². The van der Waals surface area contributed by atoms with Crippen LogP contribution in [-0.2, 0) is 24.4 Å². The molecule has 1 aromatic heterocycles. The van der Waals surface area contributed by atoms with Crippen molar-refractivity contribution >= 4 is 38.1 Å². The van der Waals surface area contributed by atoms with Crippen molar-refractivity contribution in [2.75, 3.05) is 44.7 Å². The van der Waals surface area contributed by atoms with Crippen LogP contribution >= 0.6 is 11.3 Å². The van der Waals surface area contributed by atoms with E-state index in [-0.39, 0.29) is 28.4 Å². The highest BCUT2D eigenvalue weighted by atomic mass is 32.2. The van der Waals surface area contributed by atoms with E-state index in [0.29, 0.717) is 43.1 Å². The van der Waals surface area contributed by atoms with Gasteiger partial charge in [-0.1, -0.05) is 42.5 Å². The number of carbonyl (C=O) groups excluding carboxylic acids is 1. The highest BCUT2D eigenvalue weighted by molar-refractivity contribution is 7.89. The zero-order valence-electron chi connectivity index (χ0n) is 19.0. The summed E-state index contributed by atoms with van der Waals surface area (Å²) in [6.07, 6.45) is 1.33. The number of hydrogen-bond donors (Lipinski definition) is 2. The number of ether oxygens (including phenoxy) is 1. The fourth-order valence-corrected chi connectivity index (χ4v) is 4.73. The maximum Gasteiger partial charge on any atom is 0.280 e. The van der Waals surface area contributed by atoms with Crippen molar-refractivity contribution in [3.8, 4) is 0 Å². The zero-order chi connectivity index (χ0) is 24.6. The first-order chi connectivity index (χ1) is 16.3. The van der Waals surface area contributed by atoms with Gasteiger partial charge in [-0.25, -0.2) is 18.1 Å². The van der Waals surface area contributed by atoms with Crippen LogP contribution in [0.3, 0.4) is 0 Å². The fraction of sp³-hybridized carbons (Fsp3) is 0.476. The number of amides is 1. The quantitative estimate of drug-likeness (QED) is 0.329. The van der Waals surface area contributed by atoms with E-state index in [9.17, 15) is 17.6 Å². The topological polar surface area (TPSA) is 122 Å². The number of thiazole rings is 1. The van der Waals surface area contributed by atoms with Gasteiger partial charge in [-0.05, 0) is 25.2 Å². The normalized spacial score (nSPS) is 16.7. The van der Waals surface area contributed by atoms with Crippen molar-refractivity contribution in [2.24, 2.45) is 5.16 Å². The zero-order valence-corrected chi connectivity index (χ0v) is 20.6. The van der Waals surface area contributed by atoms with E-state index in [0.717, 1.165) is 19.3 Å². The van der Waals surface area contributed by atoms with Crippen LogP contribution in [0.5, 0.6) is 0 Å². The van der Waals surface area contributed by atoms with E-state index < -0.39 is 21.1 Å². The van der Waals surface area contributed by atoms with Gasteiger partial charge in [-0.15, -0.1) is 0 Å². The van der Waals surface area contributed by atoms with Gasteiger partial charge in [0.2, 0.25) is 10.0 Å². The van der Waals surface area contributed by atoms with Gasteiger partial charge in [0.05, 0.1) is 24.3 Å². The number of likely N-dealkylation sites (N-methyl/N-ethyl adjacent to an activating group) is 1. The summed E-state index contributed by atoms with van der Waals surface area (Å²) in [7, 11) is -3.72. The van der Waals surface area contributed by atoms with Crippen LogP contribution in [0.4, 0.5) is 9.52 Å². The Morgan fingerprint density at radius 3 is 2.65 bits per heavy atom. The number of carbonyl (C=O) groups is 1. The molecule has 1 aromatic carbocycles. The van der Waals surface area contributed by atoms with Crippen molar-refractivity contribution in [3.05, 3.63) is 41.2 Å². The first-order valence-electron chi connectivity index (χ1n) is 10.9. The van der Waals surface area contributed by atoms with E-state index >= 15 is 0 Å². The molecule has 1 saturated heterocycles. The van der Waals surface area contributed by atoms with E-state index in [1.807, 2.05) is 13.8 Å². The molecule has 1 amide bonds. The average Bonchev–Trinajstić information content (AvgIpc) is 3.49. The Bertz CT molecular complexity index is 1080. The van der Waals surface area contributed by atoms with Crippen LogP contribution in [0.1, 0.15) is 25.8 Å². The molecule has 2 heterocycles. The molecule has 1 aliphatic heterocycles. The third kappa shape index (κ3) is 7.27. The lowest BCUT2D eigenvalue weighted by Gasteiger charge is -2.18. The largest absolute Gasteiger partial charge is 0.389 e. The number of aromatic nitrogens is 1. The number of nitrogens with one attached hydrogen (secondary N) is 2. The summed E-state index contributed by atoms with van der Waals surface area (Å²) < 4.78 is 46.3. The van der Waals surface area contributed by atoms with Crippen LogP contribution in [0.2, 0.25) is 0 Å². The highest BCUT2D eigenvalue weighted by Gasteiger charge is 2.22. The molecule has 186 valence electrons. The Balaban J connectivity index is 1.75. The van der Waals surface area contributed by atoms with Crippen molar-refractivity contribution in [1.82, 2.24) is 14.6 Å². The van der Waals surface area contributed by atoms with Crippen molar-refractivity contribution < 1.29 is 27.2 Å². The maximum atomic E-state index is 13.3. The first kappa shape index (κ1) is 26.2. The van der Waals surface area contributed by atoms with Crippen LogP contribution in [0.25, 0.3) is 0 Å². The Morgan fingerprint density at radius 2 is 2.06 bits per heavy atom. The Labute approximate surface area is 202 Å². The lowest BCUT2D eigenvalue weighted by Crippen LogP contribution is -2.34. The summed E-state index contributed by atoms with van der Waals surface area (Å²) in [4.78, 5) is 24.2. The molecular formula is C21H28FN5O5S2. The van der Waals surface area contributed by atoms with Crippen LogP contribution < -0.4 is 10.0 Å². The minimum absolute atomic E-state index is 0.0580. The van der Waals surface area contributed by atoms with Crippen LogP contribution in [-0.4, -0.2) is 75.4 Å². The fourth-order valence-electron chi connectivity index (χ4n) is 3.17. The second-order valence-corrected chi connectivity index (χ2v) is 10.2. The van der Waals surface area contributed by atoms with E-state index in [1.54, 1.807) is 0 Å². The molecule has 1 atom stereocenters. The number of sulfonamides is 1. The van der Waals surface area contributed by atoms with Crippen molar-refractivity contribution in [3.63, 3.8) is 0 Å². The molecule has 2 N–H and O–H groups in total. The molecule has 3 rings (SSSR count). The molecule has 2 aromatic rings. The summed E-state index contributed by atoms with van der Waals surface area (Å²) >= 11 is 0.674. The Hall–Kier alpha value is -2.45. The molecule has 0 bridgehead atoms. The molecule has 0 saturated carbocycles. The number of halogens is 1. The summed E-state index contributed by atoms with van der Waals surface area (Å²) in [6.45, 7) is 7.46. The number of hydrogen-bond acceptors (Lipinski definition) is 9. The van der Waals surface area contributed by atoms with E-state index in [4.69, 9.17) is 9.57 Å². The maximum absolute atomic E-state index is 13.3. The summed E-state index contributed by atoms with van der Waals surface area (Å²) in [5, 5.41) is 6.00. The van der Waals surface area contributed by atoms with E-state index in [2.05, 4.69) is 25.1 Å². The first-order valence-corrected chi connectivity index (χ1v) is 13.2. The third-order valence-electron chi connectivity index (χ3n) is 5.15. The second-order valence-electron chi connectivity index (χ2n) is 7.40. The predicted molar refractivity (Wildman–Crippen MR) is 127 cm³/mol. The van der Waals surface area contributed by atoms with Gasteiger partial charge in [-0.3, -0.25) is 10.1 Å². The molecular weight excluding hydrogens is 485 g/mol. The smallest absolute Gasteiger partial charge is 0.280 e. The molecule has 0 spiro atoms. The number of rotatable bonds is 12. The van der Waals surface area contributed by atoms with Gasteiger partial charge in [0, 0.05) is 25.1 Å². The van der Waals surface area contributed by atoms with Crippen molar-refractivity contribution in [2.45, 2.75) is 31.3 Å². The lowest BCUT2D eigenvalue weighted by molar-refractivity contribution is -0.110. The lowest BCUT2D eigenvalue weighted by atomic mass is 10.1. The standard InChI is InChI=1S/C21H28FN5O5S2/c1-3-27(4-2)11-10-24-34(29,30)17-7-5-15(6-8-17)19(26-32-16-9-12-31-14-16)20(28)25-21-23-13-18(22)33-21/h5-8,13,16,24H,3-4,9-12,14H2,1-2H3,(H,23,25,28)/t16-/m1/s1. The molecule has 10 nitrogen and oxygen atoms in total. The molecule has 0 radical (unpaired) electrons. The summed E-state index contributed by atoms with van der Waals surface area (Å²) in [5.74, 6) is -0.666. The summed E-state index contributed by atoms with van der Waals surface area (Å²) in [6, 6.07) is 5.71. The Kier molecular flexibility index (Phi) is 9.47. The predicted octanol–water partition coefficient (Wildman–Crippen LogP) is 2.05. The number of oxime groups is 1. The van der Waals surface area contributed by atoms with Gasteiger partial charge in [0.15, 0.2) is 22.1 Å². The molecule has 34 heavy (non-hydrogen) atoms. The van der Waals surface area contributed by atoms with Gasteiger partial charge < -0.3 is 14.5 Å². The van der Waals surface area contributed by atoms with Gasteiger partial charge >= 0.3 is 0 Å². The number of anilines is 1. The van der Waals surface area contributed by atoms with Gasteiger partial charge in [0.25, 0.3) is 5.91 Å². The molecule has 0 aliphatic carbocycles.